The maximum absolute atomic E-state index is 15.1. The van der Waals surface area contributed by atoms with Gasteiger partial charge in [-0.3, -0.25) is 0 Å². The Kier molecular flexibility index (Phi) is 7.07. The first kappa shape index (κ1) is 23.8. The summed E-state index contributed by atoms with van der Waals surface area (Å²) >= 11 is 0. The molecule has 1 heterocycles. The maximum atomic E-state index is 15.1. The minimum absolute atomic E-state index is 0.0139. The second kappa shape index (κ2) is 10.4. The number of ether oxygens (including phenoxy) is 2. The van der Waals surface area contributed by atoms with Crippen molar-refractivity contribution in [2.24, 2.45) is 0 Å². The summed E-state index contributed by atoms with van der Waals surface area (Å²) in [6.45, 7) is 2.79. The SMILES string of the molecule is C/C=C/c1ccc(-c2ccc(C3CCC(OCc4ccc(C5CO5)cc4F)CC3)c(F)c2F)cc1. The van der Waals surface area contributed by atoms with Crippen LogP contribution < -0.4 is 0 Å². The molecule has 5 heteroatoms. The molecule has 0 aromatic heterocycles. The third kappa shape index (κ3) is 5.36. The van der Waals surface area contributed by atoms with Gasteiger partial charge in [0, 0.05) is 11.1 Å². The molecule has 1 atom stereocenters. The van der Waals surface area contributed by atoms with Gasteiger partial charge in [0.25, 0.3) is 0 Å². The average molecular weight is 479 g/mol. The Morgan fingerprint density at radius 1 is 0.914 bits per heavy atom. The normalized spacial score (nSPS) is 22.0. The van der Waals surface area contributed by atoms with Crippen LogP contribution in [0.5, 0.6) is 0 Å². The molecule has 1 saturated heterocycles. The fourth-order valence-electron chi connectivity index (χ4n) is 4.94. The van der Waals surface area contributed by atoms with Crippen molar-refractivity contribution in [2.75, 3.05) is 6.61 Å². The van der Waals surface area contributed by atoms with E-state index in [9.17, 15) is 8.78 Å². The number of rotatable bonds is 7. The second-order valence-electron chi connectivity index (χ2n) is 9.41. The fourth-order valence-corrected chi connectivity index (χ4v) is 4.94. The summed E-state index contributed by atoms with van der Waals surface area (Å²) in [5.74, 6) is -1.88. The van der Waals surface area contributed by atoms with Gasteiger partial charge >= 0.3 is 0 Å². The van der Waals surface area contributed by atoms with E-state index < -0.39 is 11.6 Å². The van der Waals surface area contributed by atoms with Crippen LogP contribution in [0.1, 0.15) is 66.9 Å². The zero-order chi connectivity index (χ0) is 24.4. The third-order valence-corrected chi connectivity index (χ3v) is 7.06. The Bertz CT molecular complexity index is 1210. The molecular weight excluding hydrogens is 449 g/mol. The lowest BCUT2D eigenvalue weighted by Gasteiger charge is -2.29. The summed E-state index contributed by atoms with van der Waals surface area (Å²) in [6, 6.07) is 16.0. The van der Waals surface area contributed by atoms with Gasteiger partial charge in [0.15, 0.2) is 11.6 Å². The highest BCUT2D eigenvalue weighted by molar-refractivity contribution is 5.67. The summed E-state index contributed by atoms with van der Waals surface area (Å²) in [6.07, 6.45) is 6.78. The summed E-state index contributed by atoms with van der Waals surface area (Å²) in [5.41, 5.74) is 3.76. The molecule has 3 aromatic rings. The van der Waals surface area contributed by atoms with E-state index in [4.69, 9.17) is 9.47 Å². The van der Waals surface area contributed by atoms with Crippen LogP contribution in [0.3, 0.4) is 0 Å². The first-order chi connectivity index (χ1) is 17.0. The molecule has 1 aliphatic carbocycles. The number of epoxide rings is 1. The molecule has 2 aliphatic rings. The van der Waals surface area contributed by atoms with Crippen molar-refractivity contribution in [3.8, 4) is 11.1 Å². The summed E-state index contributed by atoms with van der Waals surface area (Å²) in [4.78, 5) is 0. The Morgan fingerprint density at radius 3 is 2.31 bits per heavy atom. The Morgan fingerprint density at radius 2 is 1.66 bits per heavy atom. The van der Waals surface area contributed by atoms with Gasteiger partial charge < -0.3 is 9.47 Å². The van der Waals surface area contributed by atoms with Crippen molar-refractivity contribution in [1.82, 2.24) is 0 Å². The van der Waals surface area contributed by atoms with Gasteiger partial charge in [0.2, 0.25) is 0 Å². The van der Waals surface area contributed by atoms with Gasteiger partial charge in [-0.1, -0.05) is 60.7 Å². The molecule has 1 aliphatic heterocycles. The third-order valence-electron chi connectivity index (χ3n) is 7.06. The second-order valence-corrected chi connectivity index (χ2v) is 9.41. The molecule has 35 heavy (non-hydrogen) atoms. The Labute approximate surface area is 204 Å². The molecule has 0 radical (unpaired) electrons. The lowest BCUT2D eigenvalue weighted by Crippen LogP contribution is -2.21. The van der Waals surface area contributed by atoms with Crippen molar-refractivity contribution < 1.29 is 22.6 Å². The van der Waals surface area contributed by atoms with Crippen LogP contribution in [-0.2, 0) is 16.1 Å². The Balaban J connectivity index is 1.19. The summed E-state index contributed by atoms with van der Waals surface area (Å²) in [7, 11) is 0. The lowest BCUT2D eigenvalue weighted by molar-refractivity contribution is 0.0118. The maximum Gasteiger partial charge on any atom is 0.166 e. The molecule has 182 valence electrons. The summed E-state index contributed by atoms with van der Waals surface area (Å²) < 4.78 is 55.6. The van der Waals surface area contributed by atoms with Gasteiger partial charge in [0.1, 0.15) is 11.9 Å². The number of hydrogen-bond donors (Lipinski definition) is 0. The molecule has 0 N–H and O–H groups in total. The van der Waals surface area contributed by atoms with E-state index in [1.807, 2.05) is 49.4 Å². The predicted octanol–water partition coefficient (Wildman–Crippen LogP) is 8.12. The topological polar surface area (TPSA) is 21.8 Å². The fraction of sp³-hybridized carbons (Fsp3) is 0.333. The number of hydrogen-bond acceptors (Lipinski definition) is 2. The van der Waals surface area contributed by atoms with E-state index in [1.54, 1.807) is 18.2 Å². The lowest BCUT2D eigenvalue weighted by atomic mass is 9.82. The zero-order valence-electron chi connectivity index (χ0n) is 19.8. The zero-order valence-corrected chi connectivity index (χ0v) is 19.8. The molecule has 2 fully saturated rings. The standard InChI is InChI=1S/C30H29F3O2/c1-2-3-19-4-6-20(7-5-19)25-14-15-26(30(33)29(25)32)21-10-12-24(13-11-21)34-17-23-9-8-22(16-27(23)31)28-18-35-28/h2-9,14-16,21,24,28H,10-13,17-18H2,1H3/b3-2+. The van der Waals surface area contributed by atoms with Gasteiger partial charge in [0.05, 0.1) is 19.3 Å². The van der Waals surface area contributed by atoms with Gasteiger partial charge in [-0.25, -0.2) is 13.2 Å². The quantitative estimate of drug-likeness (QED) is 0.320. The molecule has 0 spiro atoms. The highest BCUT2D eigenvalue weighted by Gasteiger charge is 2.28. The van der Waals surface area contributed by atoms with E-state index in [2.05, 4.69) is 0 Å². The van der Waals surface area contributed by atoms with Crippen LogP contribution in [0.15, 0.2) is 60.7 Å². The summed E-state index contributed by atoms with van der Waals surface area (Å²) in [5, 5.41) is 0. The number of allylic oxidation sites excluding steroid dienone is 1. The molecule has 5 rings (SSSR count). The van der Waals surface area contributed by atoms with Crippen molar-refractivity contribution in [1.29, 1.82) is 0 Å². The minimum atomic E-state index is -0.796. The number of halogens is 3. The van der Waals surface area contributed by atoms with Crippen LogP contribution in [-0.4, -0.2) is 12.7 Å². The van der Waals surface area contributed by atoms with Crippen molar-refractivity contribution in [3.05, 3.63) is 100 Å². The van der Waals surface area contributed by atoms with Crippen LogP contribution in [0, 0.1) is 17.5 Å². The van der Waals surface area contributed by atoms with Gasteiger partial charge in [-0.2, -0.15) is 0 Å². The highest BCUT2D eigenvalue weighted by Crippen LogP contribution is 2.38. The molecule has 3 aromatic carbocycles. The molecule has 2 nitrogen and oxygen atoms in total. The van der Waals surface area contributed by atoms with Crippen molar-refractivity contribution in [3.63, 3.8) is 0 Å². The Hall–Kier alpha value is -2.89. The van der Waals surface area contributed by atoms with Crippen LogP contribution in [0.25, 0.3) is 17.2 Å². The first-order valence-corrected chi connectivity index (χ1v) is 12.3. The largest absolute Gasteiger partial charge is 0.373 e. The van der Waals surface area contributed by atoms with Crippen LogP contribution in [0.2, 0.25) is 0 Å². The van der Waals surface area contributed by atoms with Crippen LogP contribution in [0.4, 0.5) is 13.2 Å². The molecule has 1 unspecified atom stereocenters. The van der Waals surface area contributed by atoms with Crippen molar-refractivity contribution in [2.45, 2.75) is 57.3 Å². The average Bonchev–Trinajstić information content (AvgIpc) is 3.72. The van der Waals surface area contributed by atoms with E-state index >= 15 is 4.39 Å². The van der Waals surface area contributed by atoms with Gasteiger partial charge in [-0.05, 0) is 66.8 Å². The smallest absolute Gasteiger partial charge is 0.166 e. The van der Waals surface area contributed by atoms with E-state index in [0.29, 0.717) is 36.1 Å². The minimum Gasteiger partial charge on any atom is -0.373 e. The monoisotopic (exact) mass is 478 g/mol. The highest BCUT2D eigenvalue weighted by atomic mass is 19.2. The van der Waals surface area contributed by atoms with Crippen molar-refractivity contribution >= 4 is 6.08 Å². The first-order valence-electron chi connectivity index (χ1n) is 12.3. The predicted molar refractivity (Wildman–Crippen MR) is 131 cm³/mol. The molecule has 0 bridgehead atoms. The van der Waals surface area contributed by atoms with Crippen LogP contribution >= 0.6 is 0 Å². The molecular formula is C30H29F3O2. The van der Waals surface area contributed by atoms with E-state index in [-0.39, 0.29) is 36.1 Å². The molecule has 1 saturated carbocycles. The van der Waals surface area contributed by atoms with Gasteiger partial charge in [-0.15, -0.1) is 0 Å². The molecule has 0 amide bonds. The number of benzene rings is 3. The van der Waals surface area contributed by atoms with E-state index in [1.165, 1.54) is 6.07 Å². The van der Waals surface area contributed by atoms with E-state index in [0.717, 1.165) is 24.0 Å².